The Labute approximate surface area is 150 Å². The van der Waals surface area contributed by atoms with Gasteiger partial charge in [-0.2, -0.15) is 0 Å². The minimum Gasteiger partial charge on any atom is -0.494 e. The van der Waals surface area contributed by atoms with Crippen LogP contribution >= 0.6 is 0 Å². The fraction of sp³-hybridized carbons (Fsp3) is 0.278. The largest absolute Gasteiger partial charge is 0.494 e. The number of Topliss-reactive ketones (excluding diaryl/α,β-unsaturated/α-hetero) is 1. The third kappa shape index (κ3) is 5.10. The lowest BCUT2D eigenvalue weighted by Crippen LogP contribution is -2.47. The van der Waals surface area contributed by atoms with E-state index in [0.717, 1.165) is 0 Å². The van der Waals surface area contributed by atoms with Crippen LogP contribution in [-0.2, 0) is 4.79 Å². The molecule has 0 radical (unpaired) electrons. The Kier molecular flexibility index (Phi) is 6.37. The number of rotatable bonds is 7. The summed E-state index contributed by atoms with van der Waals surface area (Å²) in [5.74, 6) is -0.0515. The summed E-state index contributed by atoms with van der Waals surface area (Å²) in [6, 6.07) is 8.26. The molecule has 2 rings (SSSR count). The van der Waals surface area contributed by atoms with Gasteiger partial charge in [0.1, 0.15) is 17.2 Å². The van der Waals surface area contributed by atoms with Crippen molar-refractivity contribution in [3.8, 4) is 11.5 Å². The van der Waals surface area contributed by atoms with Crippen molar-refractivity contribution in [1.29, 1.82) is 0 Å². The van der Waals surface area contributed by atoms with Crippen LogP contribution in [0.2, 0.25) is 0 Å². The number of benzene rings is 1. The fourth-order valence-electron chi connectivity index (χ4n) is 2.05. The van der Waals surface area contributed by atoms with Crippen LogP contribution in [0.1, 0.15) is 41.6 Å². The van der Waals surface area contributed by atoms with Crippen molar-refractivity contribution in [2.75, 3.05) is 6.61 Å². The molecule has 0 aliphatic heterocycles. The monoisotopic (exact) mass is 359 g/mol. The van der Waals surface area contributed by atoms with Crippen LogP contribution in [0.5, 0.6) is 11.5 Å². The normalized spacial score (nSPS) is 11.3. The number of ketones is 1. The van der Waals surface area contributed by atoms with Crippen LogP contribution in [0.4, 0.5) is 0 Å². The van der Waals surface area contributed by atoms with E-state index in [4.69, 9.17) is 9.47 Å². The Morgan fingerprint density at radius 2 is 1.77 bits per heavy atom. The van der Waals surface area contributed by atoms with Gasteiger partial charge in [0.05, 0.1) is 6.61 Å². The van der Waals surface area contributed by atoms with Gasteiger partial charge in [0.15, 0.2) is 11.9 Å². The Bertz CT molecular complexity index is 782. The van der Waals surface area contributed by atoms with E-state index >= 15 is 0 Å². The van der Waals surface area contributed by atoms with E-state index in [2.05, 4.69) is 15.8 Å². The molecule has 1 aromatic carbocycles. The molecule has 0 spiro atoms. The predicted octanol–water partition coefficient (Wildman–Crippen LogP) is 1.84. The average molecular weight is 359 g/mol. The molecule has 26 heavy (non-hydrogen) atoms. The molecule has 138 valence electrons. The second-order valence-corrected chi connectivity index (χ2v) is 5.47. The minimum atomic E-state index is -0.829. The van der Waals surface area contributed by atoms with Crippen molar-refractivity contribution < 1.29 is 23.9 Å². The van der Waals surface area contributed by atoms with Crippen LogP contribution in [0.15, 0.2) is 36.5 Å². The van der Waals surface area contributed by atoms with Gasteiger partial charge in [-0.3, -0.25) is 25.2 Å². The van der Waals surface area contributed by atoms with Gasteiger partial charge in [0.2, 0.25) is 0 Å². The van der Waals surface area contributed by atoms with Crippen molar-refractivity contribution in [2.24, 2.45) is 0 Å². The van der Waals surface area contributed by atoms with Crippen molar-refractivity contribution in [3.05, 3.63) is 47.8 Å². The van der Waals surface area contributed by atoms with Gasteiger partial charge in [-0.05, 0) is 51.1 Å². The van der Waals surface area contributed by atoms with E-state index in [-0.39, 0.29) is 11.5 Å². The summed E-state index contributed by atoms with van der Waals surface area (Å²) < 4.78 is 10.8. The number of amides is 2. The summed E-state index contributed by atoms with van der Waals surface area (Å²) >= 11 is 0. The maximum atomic E-state index is 12.0. The van der Waals surface area contributed by atoms with E-state index in [1.165, 1.54) is 19.2 Å². The number of nitrogens with one attached hydrogen (secondary N) is 3. The molecule has 2 aromatic rings. The second-order valence-electron chi connectivity index (χ2n) is 5.47. The number of ether oxygens (including phenoxy) is 2. The minimum absolute atomic E-state index is 0.163. The molecular weight excluding hydrogens is 338 g/mol. The number of hydrogen-bond donors (Lipinski definition) is 3. The number of H-pyrrole nitrogens is 1. The predicted molar refractivity (Wildman–Crippen MR) is 94.1 cm³/mol. The molecule has 0 aliphatic carbocycles. The van der Waals surface area contributed by atoms with E-state index in [1.807, 2.05) is 6.92 Å². The molecule has 3 N–H and O–H groups in total. The van der Waals surface area contributed by atoms with Gasteiger partial charge < -0.3 is 14.5 Å². The summed E-state index contributed by atoms with van der Waals surface area (Å²) in [4.78, 5) is 37.9. The van der Waals surface area contributed by atoms with Crippen LogP contribution < -0.4 is 20.3 Å². The lowest BCUT2D eigenvalue weighted by molar-refractivity contribution is -0.128. The number of carbonyl (C=O) groups is 3. The Balaban J connectivity index is 1.84. The van der Waals surface area contributed by atoms with Crippen molar-refractivity contribution in [2.45, 2.75) is 26.9 Å². The molecule has 8 nitrogen and oxygen atoms in total. The summed E-state index contributed by atoms with van der Waals surface area (Å²) in [5.41, 5.74) is 5.09. The SMILES string of the molecule is CCOc1ccc(OC(C)C(=O)NNC(=O)c2cc(C(C)=O)c[nH]2)cc1. The molecule has 0 saturated heterocycles. The highest BCUT2D eigenvalue weighted by Crippen LogP contribution is 2.18. The van der Waals surface area contributed by atoms with E-state index in [0.29, 0.717) is 23.7 Å². The third-order valence-electron chi connectivity index (χ3n) is 3.45. The Hall–Kier alpha value is -3.29. The number of aromatic nitrogens is 1. The molecule has 0 fully saturated rings. The molecular formula is C18H21N3O5. The van der Waals surface area contributed by atoms with Crippen molar-refractivity contribution in [1.82, 2.24) is 15.8 Å². The summed E-state index contributed by atoms with van der Waals surface area (Å²) in [5, 5.41) is 0. The average Bonchev–Trinajstić information content (AvgIpc) is 3.11. The summed E-state index contributed by atoms with van der Waals surface area (Å²) in [6.07, 6.45) is 0.598. The summed E-state index contributed by atoms with van der Waals surface area (Å²) in [6.45, 7) is 5.40. The maximum Gasteiger partial charge on any atom is 0.286 e. The topological polar surface area (TPSA) is 110 Å². The number of hydrogen-bond acceptors (Lipinski definition) is 5. The van der Waals surface area contributed by atoms with Gasteiger partial charge >= 0.3 is 0 Å². The van der Waals surface area contributed by atoms with Gasteiger partial charge in [-0.1, -0.05) is 0 Å². The van der Waals surface area contributed by atoms with Gasteiger partial charge in [-0.25, -0.2) is 0 Å². The molecule has 1 heterocycles. The zero-order valence-electron chi connectivity index (χ0n) is 14.8. The fourth-order valence-corrected chi connectivity index (χ4v) is 2.05. The second kappa shape index (κ2) is 8.70. The number of hydrazine groups is 1. The first-order valence-electron chi connectivity index (χ1n) is 8.09. The van der Waals surface area contributed by atoms with E-state index < -0.39 is 17.9 Å². The smallest absolute Gasteiger partial charge is 0.286 e. The van der Waals surface area contributed by atoms with Crippen LogP contribution in [0.25, 0.3) is 0 Å². The highest BCUT2D eigenvalue weighted by Gasteiger charge is 2.17. The first kappa shape index (κ1) is 19.0. The van der Waals surface area contributed by atoms with Crippen LogP contribution in [0.3, 0.4) is 0 Å². The first-order chi connectivity index (χ1) is 12.4. The molecule has 0 aliphatic rings. The summed E-state index contributed by atoms with van der Waals surface area (Å²) in [7, 11) is 0. The molecule has 1 aromatic heterocycles. The quantitative estimate of drug-likeness (QED) is 0.516. The van der Waals surface area contributed by atoms with E-state index in [9.17, 15) is 14.4 Å². The molecule has 2 amide bonds. The highest BCUT2D eigenvalue weighted by molar-refractivity contribution is 5.99. The molecule has 1 atom stereocenters. The van der Waals surface area contributed by atoms with Crippen molar-refractivity contribution >= 4 is 17.6 Å². The number of aromatic amines is 1. The van der Waals surface area contributed by atoms with Crippen LogP contribution in [0, 0.1) is 0 Å². The van der Waals surface area contributed by atoms with Crippen molar-refractivity contribution in [3.63, 3.8) is 0 Å². The maximum absolute atomic E-state index is 12.0. The number of carbonyl (C=O) groups excluding carboxylic acids is 3. The molecule has 0 saturated carbocycles. The zero-order valence-corrected chi connectivity index (χ0v) is 14.8. The lowest BCUT2D eigenvalue weighted by Gasteiger charge is -2.15. The lowest BCUT2D eigenvalue weighted by atomic mass is 10.2. The molecule has 8 heteroatoms. The first-order valence-corrected chi connectivity index (χ1v) is 8.09. The van der Waals surface area contributed by atoms with E-state index in [1.54, 1.807) is 31.2 Å². The van der Waals surface area contributed by atoms with Gasteiger partial charge in [0.25, 0.3) is 11.8 Å². The Morgan fingerprint density at radius 3 is 2.35 bits per heavy atom. The molecule has 1 unspecified atom stereocenters. The highest BCUT2D eigenvalue weighted by atomic mass is 16.5. The van der Waals surface area contributed by atoms with Gasteiger partial charge in [-0.15, -0.1) is 0 Å². The van der Waals surface area contributed by atoms with Crippen LogP contribution in [-0.4, -0.2) is 35.3 Å². The third-order valence-corrected chi connectivity index (χ3v) is 3.45. The van der Waals surface area contributed by atoms with Gasteiger partial charge in [0, 0.05) is 11.8 Å². The standard InChI is InChI=1S/C18H21N3O5/c1-4-25-14-5-7-15(8-6-14)26-12(3)17(23)20-21-18(24)16-9-13(10-19-16)11(2)22/h5-10,12,19H,4H2,1-3H3,(H,20,23)(H,21,24). The zero-order chi connectivity index (χ0) is 19.1. The molecule has 0 bridgehead atoms. The Morgan fingerprint density at radius 1 is 1.12 bits per heavy atom.